The topological polar surface area (TPSA) is 43.4 Å². The number of rotatable bonds is 4. The molecule has 0 radical (unpaired) electrons. The van der Waals surface area contributed by atoms with E-state index >= 15 is 0 Å². The summed E-state index contributed by atoms with van der Waals surface area (Å²) in [5.41, 5.74) is 0. The predicted molar refractivity (Wildman–Crippen MR) is 30.0 cm³/mol. The van der Waals surface area contributed by atoms with Crippen molar-refractivity contribution >= 4 is 22.6 Å². The zero-order valence-electron chi connectivity index (χ0n) is 5.13. The van der Waals surface area contributed by atoms with Crippen molar-refractivity contribution in [1.29, 1.82) is 0 Å². The molecule has 0 aromatic rings. The van der Waals surface area contributed by atoms with Gasteiger partial charge in [0.05, 0.1) is 11.0 Å². The van der Waals surface area contributed by atoms with Gasteiger partial charge < -0.3 is 12.6 Å². The van der Waals surface area contributed by atoms with Crippen molar-refractivity contribution < 1.29 is 64.0 Å². The van der Waals surface area contributed by atoms with Crippen LogP contribution in [0.5, 0.6) is 0 Å². The van der Waals surface area contributed by atoms with Crippen molar-refractivity contribution in [2.45, 2.75) is 6.42 Å². The van der Waals surface area contributed by atoms with Crippen molar-refractivity contribution in [3.8, 4) is 0 Å². The molecule has 0 aliphatic rings. The Hall–Kier alpha value is 1.84. The van der Waals surface area contributed by atoms with Gasteiger partial charge in [-0.3, -0.25) is 0 Å². The summed E-state index contributed by atoms with van der Waals surface area (Å²) >= 11 is 5.20. The van der Waals surface area contributed by atoms with Crippen LogP contribution in [0.4, 0.5) is 0 Å². The quantitative estimate of drug-likeness (QED) is 0.223. The summed E-state index contributed by atoms with van der Waals surface area (Å²) < 4.78 is 23.3. The molecule has 0 spiro atoms. The normalized spacial score (nSPS) is 9.11. The molecule has 0 atom stereocenters. The van der Waals surface area contributed by atoms with Gasteiger partial charge in [-0.25, -0.2) is 0 Å². The van der Waals surface area contributed by atoms with Crippen molar-refractivity contribution in [3.63, 3.8) is 0 Å². The summed E-state index contributed by atoms with van der Waals surface area (Å²) in [5.74, 6) is 0.428. The van der Waals surface area contributed by atoms with E-state index in [2.05, 4.69) is 4.18 Å². The van der Waals surface area contributed by atoms with Crippen LogP contribution in [-0.2, 0) is 23.6 Å². The van der Waals surface area contributed by atoms with Crippen LogP contribution in [0.15, 0.2) is 0 Å². The molecule has 0 bridgehead atoms. The van der Waals surface area contributed by atoms with E-state index in [1.807, 2.05) is 0 Å². The minimum atomic E-state index is -2.38. The van der Waals surface area contributed by atoms with Gasteiger partial charge in [0, 0.05) is 12.5 Å². The molecule has 0 aliphatic carbocycles. The van der Waals surface area contributed by atoms with E-state index < -0.39 is 11.0 Å². The molecule has 3 nitrogen and oxygen atoms in total. The molecule has 0 unspecified atom stereocenters. The summed E-state index contributed by atoms with van der Waals surface area (Å²) in [7, 11) is -2.38. The number of halogens is 1. The van der Waals surface area contributed by atoms with Gasteiger partial charge >= 0.3 is 51.4 Å². The minimum absolute atomic E-state index is 0. The molecule has 0 aromatic heterocycles. The SMILES string of the molecule is O=[S-](=O)OCCCCl.[K+]. The summed E-state index contributed by atoms with van der Waals surface area (Å²) in [6, 6.07) is 0. The zero-order chi connectivity index (χ0) is 6.41. The molecular formula is C3H6ClKO3S. The van der Waals surface area contributed by atoms with Crippen LogP contribution in [0.25, 0.3) is 0 Å². The molecule has 0 rings (SSSR count). The van der Waals surface area contributed by atoms with Crippen LogP contribution in [0.3, 0.4) is 0 Å². The third kappa shape index (κ3) is 12.9. The predicted octanol–water partition coefficient (Wildman–Crippen LogP) is -2.14. The molecule has 0 saturated carbocycles. The van der Waals surface area contributed by atoms with Crippen molar-refractivity contribution in [2.75, 3.05) is 12.5 Å². The van der Waals surface area contributed by atoms with Gasteiger partial charge in [0.25, 0.3) is 0 Å². The van der Waals surface area contributed by atoms with E-state index in [0.717, 1.165) is 0 Å². The van der Waals surface area contributed by atoms with Gasteiger partial charge in [-0.15, -0.1) is 11.6 Å². The molecule has 0 heterocycles. The Kier molecular flexibility index (Phi) is 14.7. The van der Waals surface area contributed by atoms with Crippen LogP contribution in [0.2, 0.25) is 0 Å². The van der Waals surface area contributed by atoms with Crippen LogP contribution in [-0.4, -0.2) is 12.5 Å². The van der Waals surface area contributed by atoms with Crippen molar-refractivity contribution in [3.05, 3.63) is 0 Å². The average Bonchev–Trinajstić information content (AvgIpc) is 1.66. The maximum atomic E-state index is 9.61. The summed E-state index contributed by atoms with van der Waals surface area (Å²) in [4.78, 5) is 0. The Morgan fingerprint density at radius 1 is 1.44 bits per heavy atom. The number of alkyl halides is 1. The van der Waals surface area contributed by atoms with Gasteiger partial charge in [0.2, 0.25) is 0 Å². The van der Waals surface area contributed by atoms with E-state index in [4.69, 9.17) is 11.6 Å². The Morgan fingerprint density at radius 2 is 2.00 bits per heavy atom. The van der Waals surface area contributed by atoms with Crippen LogP contribution >= 0.6 is 11.6 Å². The first-order valence-electron chi connectivity index (χ1n) is 2.06. The zero-order valence-corrected chi connectivity index (χ0v) is 9.83. The first-order chi connectivity index (χ1) is 3.77. The molecule has 0 fully saturated rings. The second-order valence-corrected chi connectivity index (χ2v) is 2.09. The number of hydrogen-bond acceptors (Lipinski definition) is 4. The fraction of sp³-hybridized carbons (Fsp3) is 1.00. The average molecular weight is 197 g/mol. The second kappa shape index (κ2) is 9.84. The van der Waals surface area contributed by atoms with E-state index in [9.17, 15) is 8.42 Å². The third-order valence-corrected chi connectivity index (χ3v) is 1.08. The molecule has 0 aliphatic heterocycles. The van der Waals surface area contributed by atoms with Crippen LogP contribution in [0.1, 0.15) is 6.42 Å². The van der Waals surface area contributed by atoms with Crippen LogP contribution < -0.4 is 51.4 Å². The first kappa shape index (κ1) is 13.4. The van der Waals surface area contributed by atoms with E-state index in [1.165, 1.54) is 0 Å². The maximum Gasteiger partial charge on any atom is 1.00 e. The Labute approximate surface area is 104 Å². The molecule has 9 heavy (non-hydrogen) atoms. The summed E-state index contributed by atoms with van der Waals surface area (Å²) in [5, 5.41) is 0. The smallest absolute Gasteiger partial charge is 0.424 e. The molecule has 0 N–H and O–H groups in total. The fourth-order valence-electron chi connectivity index (χ4n) is 0.182. The summed E-state index contributed by atoms with van der Waals surface area (Å²) in [6.45, 7) is 0.180. The molecule has 50 valence electrons. The molecule has 0 amide bonds. The van der Waals surface area contributed by atoms with Gasteiger partial charge in [0.15, 0.2) is 0 Å². The molecule has 0 saturated heterocycles. The molecular weight excluding hydrogens is 191 g/mol. The maximum absolute atomic E-state index is 9.61. The van der Waals surface area contributed by atoms with Crippen molar-refractivity contribution in [1.82, 2.24) is 0 Å². The Balaban J connectivity index is 0. The number of hydrogen-bond donors (Lipinski definition) is 0. The minimum Gasteiger partial charge on any atom is -0.424 e. The Bertz CT molecular complexity index is 108. The standard InChI is InChI=1S/C3H6ClO3S.K/c4-2-1-3-7-8(5)6;/h1-3H2;/q-1;+1. The fourth-order valence-corrected chi connectivity index (χ4v) is 0.545. The van der Waals surface area contributed by atoms with Crippen LogP contribution in [0, 0.1) is 0 Å². The molecule has 6 heteroatoms. The first-order valence-corrected chi connectivity index (χ1v) is 3.59. The summed E-state index contributed by atoms with van der Waals surface area (Å²) in [6.07, 6.45) is 0.565. The largest absolute Gasteiger partial charge is 1.00 e. The van der Waals surface area contributed by atoms with Gasteiger partial charge in [-0.05, 0) is 6.42 Å². The third-order valence-electron chi connectivity index (χ3n) is 0.458. The second-order valence-electron chi connectivity index (χ2n) is 1.07. The van der Waals surface area contributed by atoms with E-state index in [-0.39, 0.29) is 58.0 Å². The van der Waals surface area contributed by atoms with Gasteiger partial charge in [-0.1, -0.05) is 0 Å². The van der Waals surface area contributed by atoms with Gasteiger partial charge in [0.1, 0.15) is 0 Å². The Morgan fingerprint density at radius 3 is 2.33 bits per heavy atom. The monoisotopic (exact) mass is 196 g/mol. The van der Waals surface area contributed by atoms with E-state index in [1.54, 1.807) is 0 Å². The van der Waals surface area contributed by atoms with Crippen molar-refractivity contribution in [2.24, 2.45) is 0 Å². The van der Waals surface area contributed by atoms with Gasteiger partial charge in [-0.2, -0.15) is 0 Å². The molecule has 0 aromatic carbocycles. The van der Waals surface area contributed by atoms with E-state index in [0.29, 0.717) is 12.3 Å².